The second kappa shape index (κ2) is 11.5. The molecule has 0 spiro atoms. The molecule has 2 heterocycles. The SMILES string of the molecule is Cc1ccc(NC(=O)N(CCC(=O)N2CCC(Cc3ccccc3)CC2)Cc2ccco2)cc1. The molecule has 3 aromatic rings. The van der Waals surface area contributed by atoms with E-state index in [0.717, 1.165) is 43.6 Å². The maximum Gasteiger partial charge on any atom is 0.322 e. The van der Waals surface area contributed by atoms with Crippen molar-refractivity contribution in [3.63, 3.8) is 0 Å². The summed E-state index contributed by atoms with van der Waals surface area (Å²) in [5, 5.41) is 2.93. The number of likely N-dealkylation sites (tertiary alicyclic amines) is 1. The van der Waals surface area contributed by atoms with E-state index in [1.807, 2.05) is 48.2 Å². The number of anilines is 1. The zero-order chi connectivity index (χ0) is 23.8. The molecule has 0 bridgehead atoms. The number of furan rings is 1. The minimum absolute atomic E-state index is 0.103. The molecule has 1 aliphatic rings. The van der Waals surface area contributed by atoms with Crippen LogP contribution in [0.4, 0.5) is 10.5 Å². The minimum atomic E-state index is -0.241. The molecule has 3 amide bonds. The molecule has 0 saturated carbocycles. The van der Waals surface area contributed by atoms with Gasteiger partial charge < -0.3 is 19.5 Å². The molecule has 6 heteroatoms. The third-order valence-electron chi connectivity index (χ3n) is 6.45. The van der Waals surface area contributed by atoms with Crippen molar-refractivity contribution in [3.8, 4) is 0 Å². The van der Waals surface area contributed by atoms with Gasteiger partial charge in [0.05, 0.1) is 12.8 Å². The lowest BCUT2D eigenvalue weighted by atomic mass is 9.90. The van der Waals surface area contributed by atoms with E-state index in [4.69, 9.17) is 4.42 Å². The number of carbonyl (C=O) groups is 2. The topological polar surface area (TPSA) is 65.8 Å². The number of nitrogens with zero attached hydrogens (tertiary/aromatic N) is 2. The zero-order valence-electron chi connectivity index (χ0n) is 19.8. The van der Waals surface area contributed by atoms with Gasteiger partial charge in [-0.25, -0.2) is 4.79 Å². The number of piperidine rings is 1. The Hall–Kier alpha value is -3.54. The highest BCUT2D eigenvalue weighted by atomic mass is 16.3. The van der Waals surface area contributed by atoms with Crippen LogP contribution in [0.25, 0.3) is 0 Å². The van der Waals surface area contributed by atoms with Gasteiger partial charge in [0, 0.05) is 31.7 Å². The molecular formula is C28H33N3O3. The second-order valence-electron chi connectivity index (χ2n) is 9.06. The first kappa shape index (κ1) is 23.6. The summed E-state index contributed by atoms with van der Waals surface area (Å²) in [5.74, 6) is 1.40. The van der Waals surface area contributed by atoms with Gasteiger partial charge in [0.25, 0.3) is 0 Å². The highest BCUT2D eigenvalue weighted by Crippen LogP contribution is 2.22. The smallest absolute Gasteiger partial charge is 0.322 e. The molecule has 1 saturated heterocycles. The fourth-order valence-electron chi connectivity index (χ4n) is 4.41. The lowest BCUT2D eigenvalue weighted by Gasteiger charge is -2.33. The quantitative estimate of drug-likeness (QED) is 0.484. The van der Waals surface area contributed by atoms with Crippen LogP contribution in [0.15, 0.2) is 77.4 Å². The van der Waals surface area contributed by atoms with Crippen LogP contribution in [-0.2, 0) is 17.8 Å². The van der Waals surface area contributed by atoms with E-state index in [1.54, 1.807) is 17.2 Å². The largest absolute Gasteiger partial charge is 0.467 e. The number of amides is 3. The number of aryl methyl sites for hydroxylation is 1. The maximum absolute atomic E-state index is 13.0. The van der Waals surface area contributed by atoms with Gasteiger partial charge in [0.2, 0.25) is 5.91 Å². The summed E-state index contributed by atoms with van der Waals surface area (Å²) in [6.07, 6.45) is 5.00. The van der Waals surface area contributed by atoms with Crippen molar-refractivity contribution < 1.29 is 14.0 Å². The first-order chi connectivity index (χ1) is 16.6. The van der Waals surface area contributed by atoms with Gasteiger partial charge in [0.15, 0.2) is 0 Å². The summed E-state index contributed by atoms with van der Waals surface area (Å²) in [7, 11) is 0. The number of hydrogen-bond donors (Lipinski definition) is 1. The first-order valence-corrected chi connectivity index (χ1v) is 12.0. The van der Waals surface area contributed by atoms with Crippen LogP contribution in [0, 0.1) is 12.8 Å². The molecule has 34 heavy (non-hydrogen) atoms. The average molecular weight is 460 g/mol. The van der Waals surface area contributed by atoms with Gasteiger partial charge in [-0.3, -0.25) is 4.79 Å². The van der Waals surface area contributed by atoms with Crippen LogP contribution in [0.2, 0.25) is 0 Å². The van der Waals surface area contributed by atoms with E-state index in [9.17, 15) is 9.59 Å². The third kappa shape index (κ3) is 6.73. The van der Waals surface area contributed by atoms with Gasteiger partial charge >= 0.3 is 6.03 Å². The van der Waals surface area contributed by atoms with Crippen LogP contribution >= 0.6 is 0 Å². The molecule has 1 aliphatic heterocycles. The molecule has 0 radical (unpaired) electrons. The summed E-state index contributed by atoms with van der Waals surface area (Å²) in [6, 6.07) is 21.6. The van der Waals surface area contributed by atoms with Crippen molar-refractivity contribution in [1.82, 2.24) is 9.80 Å². The van der Waals surface area contributed by atoms with E-state index < -0.39 is 0 Å². The Labute approximate surface area is 201 Å². The van der Waals surface area contributed by atoms with Crippen molar-refractivity contribution in [1.29, 1.82) is 0 Å². The summed E-state index contributed by atoms with van der Waals surface area (Å²) in [5.41, 5.74) is 3.22. The Morgan fingerprint density at radius 2 is 1.74 bits per heavy atom. The predicted octanol–water partition coefficient (Wildman–Crippen LogP) is 5.49. The highest BCUT2D eigenvalue weighted by molar-refractivity contribution is 5.89. The van der Waals surface area contributed by atoms with Crippen LogP contribution in [0.1, 0.15) is 36.1 Å². The van der Waals surface area contributed by atoms with E-state index in [-0.39, 0.29) is 11.9 Å². The summed E-state index contributed by atoms with van der Waals surface area (Å²) >= 11 is 0. The lowest BCUT2D eigenvalue weighted by molar-refractivity contribution is -0.132. The highest BCUT2D eigenvalue weighted by Gasteiger charge is 2.24. The Kier molecular flexibility index (Phi) is 8.02. The van der Waals surface area contributed by atoms with Crippen LogP contribution in [0.3, 0.4) is 0 Å². The molecule has 2 aromatic carbocycles. The molecular weight excluding hydrogens is 426 g/mol. The van der Waals surface area contributed by atoms with Crippen LogP contribution < -0.4 is 5.32 Å². The van der Waals surface area contributed by atoms with Crippen molar-refractivity contribution in [2.75, 3.05) is 25.0 Å². The van der Waals surface area contributed by atoms with Crippen molar-refractivity contribution in [2.24, 2.45) is 5.92 Å². The van der Waals surface area contributed by atoms with Crippen LogP contribution in [0.5, 0.6) is 0 Å². The second-order valence-corrected chi connectivity index (χ2v) is 9.06. The standard InChI is InChI=1S/C28H33N3O3/c1-22-9-11-25(12-10-22)29-28(33)31(21-26-8-5-19-34-26)18-15-27(32)30-16-13-24(14-17-30)20-23-6-3-2-4-7-23/h2-12,19,24H,13-18,20-21H2,1H3,(H,29,33). The first-order valence-electron chi connectivity index (χ1n) is 12.0. The number of hydrogen-bond acceptors (Lipinski definition) is 3. The summed E-state index contributed by atoms with van der Waals surface area (Å²) in [6.45, 7) is 4.22. The fourth-order valence-corrected chi connectivity index (χ4v) is 4.41. The average Bonchev–Trinajstić information content (AvgIpc) is 3.37. The molecule has 6 nitrogen and oxygen atoms in total. The molecule has 178 valence electrons. The van der Waals surface area contributed by atoms with Crippen molar-refractivity contribution in [2.45, 2.75) is 39.2 Å². The number of carbonyl (C=O) groups excluding carboxylic acids is 2. The van der Waals surface area contributed by atoms with Crippen molar-refractivity contribution >= 4 is 17.6 Å². The van der Waals surface area contributed by atoms with E-state index in [0.29, 0.717) is 31.2 Å². The predicted molar refractivity (Wildman–Crippen MR) is 133 cm³/mol. The summed E-state index contributed by atoms with van der Waals surface area (Å²) < 4.78 is 5.45. The van der Waals surface area contributed by atoms with Gasteiger partial charge in [-0.1, -0.05) is 48.0 Å². The fraction of sp³-hybridized carbons (Fsp3) is 0.357. The van der Waals surface area contributed by atoms with E-state index in [1.165, 1.54) is 5.56 Å². The number of benzene rings is 2. The molecule has 1 aromatic heterocycles. The molecule has 0 aliphatic carbocycles. The Balaban J connectivity index is 1.29. The van der Waals surface area contributed by atoms with E-state index in [2.05, 4.69) is 29.6 Å². The Morgan fingerprint density at radius 1 is 1.00 bits per heavy atom. The van der Waals surface area contributed by atoms with E-state index >= 15 is 0 Å². The van der Waals surface area contributed by atoms with Crippen molar-refractivity contribution in [3.05, 3.63) is 89.9 Å². The molecule has 1 N–H and O–H groups in total. The number of rotatable bonds is 8. The van der Waals surface area contributed by atoms with Gasteiger partial charge in [-0.2, -0.15) is 0 Å². The number of urea groups is 1. The third-order valence-corrected chi connectivity index (χ3v) is 6.45. The number of nitrogens with one attached hydrogen (secondary N) is 1. The lowest BCUT2D eigenvalue weighted by Crippen LogP contribution is -2.42. The molecule has 0 unspecified atom stereocenters. The Bertz CT molecular complexity index is 1040. The zero-order valence-corrected chi connectivity index (χ0v) is 19.8. The maximum atomic E-state index is 13.0. The Morgan fingerprint density at radius 3 is 2.41 bits per heavy atom. The molecule has 0 atom stereocenters. The van der Waals surface area contributed by atoms with Gasteiger partial charge in [-0.15, -0.1) is 0 Å². The van der Waals surface area contributed by atoms with Crippen LogP contribution in [-0.4, -0.2) is 41.4 Å². The summed E-state index contributed by atoms with van der Waals surface area (Å²) in [4.78, 5) is 29.5. The molecule has 4 rings (SSSR count). The van der Waals surface area contributed by atoms with Gasteiger partial charge in [-0.05, 0) is 61.9 Å². The normalized spacial score (nSPS) is 14.1. The molecule has 1 fully saturated rings. The monoisotopic (exact) mass is 459 g/mol. The minimum Gasteiger partial charge on any atom is -0.467 e. The van der Waals surface area contributed by atoms with Gasteiger partial charge in [0.1, 0.15) is 5.76 Å².